The van der Waals surface area contributed by atoms with Crippen molar-refractivity contribution in [1.82, 2.24) is 5.32 Å². The molecular weight excluding hydrogens is 282 g/mol. The van der Waals surface area contributed by atoms with E-state index in [0.29, 0.717) is 6.54 Å². The first-order chi connectivity index (χ1) is 9.99. The number of rotatable bonds is 6. The number of para-hydroxylation sites is 1. The number of carbonyl (C=O) groups is 1. The van der Waals surface area contributed by atoms with Gasteiger partial charge in [-0.1, -0.05) is 32.0 Å². The maximum atomic E-state index is 11.9. The van der Waals surface area contributed by atoms with E-state index in [-0.39, 0.29) is 17.9 Å². The Morgan fingerprint density at radius 3 is 2.71 bits per heavy atom. The molecule has 1 aromatic carbocycles. The van der Waals surface area contributed by atoms with Crippen molar-refractivity contribution in [1.29, 1.82) is 0 Å². The van der Waals surface area contributed by atoms with Gasteiger partial charge in [-0.2, -0.15) is 11.3 Å². The molecule has 0 atom stereocenters. The summed E-state index contributed by atoms with van der Waals surface area (Å²) < 4.78 is 5.54. The molecule has 1 heterocycles. The molecule has 0 unspecified atom stereocenters. The summed E-state index contributed by atoms with van der Waals surface area (Å²) in [6, 6.07) is 9.79. The lowest BCUT2D eigenvalue weighted by molar-refractivity contribution is -0.123. The molecule has 2 aromatic rings. The van der Waals surface area contributed by atoms with Crippen LogP contribution in [0.2, 0.25) is 0 Å². The van der Waals surface area contributed by atoms with Gasteiger partial charge in [0, 0.05) is 12.0 Å². The van der Waals surface area contributed by atoms with E-state index in [9.17, 15) is 4.79 Å². The third kappa shape index (κ3) is 4.33. The molecule has 0 fully saturated rings. The molecule has 0 aliphatic rings. The highest BCUT2D eigenvalue weighted by atomic mass is 32.1. The largest absolute Gasteiger partial charge is 0.484 e. The predicted octanol–water partition coefficient (Wildman–Crippen LogP) is 3.53. The summed E-state index contributed by atoms with van der Waals surface area (Å²) in [5, 5.41) is 7.12. The SMILES string of the molecule is Cc1ccccc1OCC(=O)NCC(C)(C)c1ccsc1. The van der Waals surface area contributed by atoms with Gasteiger partial charge in [0.2, 0.25) is 0 Å². The van der Waals surface area contributed by atoms with Gasteiger partial charge in [-0.05, 0) is 40.9 Å². The van der Waals surface area contributed by atoms with Gasteiger partial charge < -0.3 is 10.1 Å². The fourth-order valence-electron chi connectivity index (χ4n) is 1.98. The molecule has 2 rings (SSSR count). The van der Waals surface area contributed by atoms with Crippen LogP contribution in [0, 0.1) is 6.92 Å². The second kappa shape index (κ2) is 6.76. The van der Waals surface area contributed by atoms with Gasteiger partial charge in [0.1, 0.15) is 5.75 Å². The van der Waals surface area contributed by atoms with Crippen molar-refractivity contribution < 1.29 is 9.53 Å². The van der Waals surface area contributed by atoms with E-state index in [4.69, 9.17) is 4.74 Å². The Bertz CT molecular complexity index is 591. The quantitative estimate of drug-likeness (QED) is 0.886. The second-order valence-corrected chi connectivity index (χ2v) is 6.51. The van der Waals surface area contributed by atoms with Gasteiger partial charge in [0.15, 0.2) is 6.61 Å². The second-order valence-electron chi connectivity index (χ2n) is 5.73. The van der Waals surface area contributed by atoms with Gasteiger partial charge in [-0.15, -0.1) is 0 Å². The summed E-state index contributed by atoms with van der Waals surface area (Å²) in [5.74, 6) is 0.659. The van der Waals surface area contributed by atoms with Gasteiger partial charge in [-0.25, -0.2) is 0 Å². The van der Waals surface area contributed by atoms with Crippen LogP contribution in [-0.2, 0) is 10.2 Å². The average molecular weight is 303 g/mol. The normalized spacial score (nSPS) is 11.2. The van der Waals surface area contributed by atoms with Crippen LogP contribution in [0.5, 0.6) is 5.75 Å². The first-order valence-corrected chi connectivity index (χ1v) is 7.91. The molecule has 1 aromatic heterocycles. The smallest absolute Gasteiger partial charge is 0.257 e. The van der Waals surface area contributed by atoms with Gasteiger partial charge >= 0.3 is 0 Å². The Morgan fingerprint density at radius 1 is 1.29 bits per heavy atom. The standard InChI is InChI=1S/C17H21NO2S/c1-13-6-4-5-7-15(13)20-10-16(19)18-12-17(2,3)14-8-9-21-11-14/h4-9,11H,10,12H2,1-3H3,(H,18,19). The maximum Gasteiger partial charge on any atom is 0.257 e. The number of hydrogen-bond donors (Lipinski definition) is 1. The van der Waals surface area contributed by atoms with Gasteiger partial charge in [0.05, 0.1) is 0 Å². The molecule has 0 aliphatic heterocycles. The number of amides is 1. The summed E-state index contributed by atoms with van der Waals surface area (Å²) >= 11 is 1.67. The average Bonchev–Trinajstić information content (AvgIpc) is 2.99. The third-order valence-electron chi connectivity index (χ3n) is 3.48. The Labute approximate surface area is 130 Å². The van der Waals surface area contributed by atoms with E-state index in [1.54, 1.807) is 11.3 Å². The number of nitrogens with one attached hydrogen (secondary N) is 1. The molecule has 0 radical (unpaired) electrons. The van der Waals surface area contributed by atoms with Crippen LogP contribution in [0.1, 0.15) is 25.0 Å². The maximum absolute atomic E-state index is 11.9. The first-order valence-electron chi connectivity index (χ1n) is 6.97. The highest BCUT2D eigenvalue weighted by Gasteiger charge is 2.21. The minimum atomic E-state index is -0.0958. The zero-order valence-electron chi connectivity index (χ0n) is 12.7. The summed E-state index contributed by atoms with van der Waals surface area (Å²) in [5.41, 5.74) is 2.20. The predicted molar refractivity (Wildman–Crippen MR) is 87.0 cm³/mol. The van der Waals surface area contributed by atoms with Crippen molar-refractivity contribution in [3.63, 3.8) is 0 Å². The molecule has 0 bridgehead atoms. The molecule has 4 heteroatoms. The number of ether oxygens (including phenoxy) is 1. The Balaban J connectivity index is 1.82. The topological polar surface area (TPSA) is 38.3 Å². The van der Waals surface area contributed by atoms with Crippen LogP contribution in [0.15, 0.2) is 41.1 Å². The zero-order chi connectivity index (χ0) is 15.3. The Morgan fingerprint density at radius 2 is 2.05 bits per heavy atom. The molecule has 0 spiro atoms. The van der Waals surface area contributed by atoms with Crippen LogP contribution < -0.4 is 10.1 Å². The number of aryl methyl sites for hydroxylation is 1. The van der Waals surface area contributed by atoms with E-state index >= 15 is 0 Å². The molecule has 112 valence electrons. The number of benzene rings is 1. The number of thiophene rings is 1. The van der Waals surface area contributed by atoms with E-state index in [2.05, 4.69) is 36.0 Å². The van der Waals surface area contributed by atoms with E-state index in [0.717, 1.165) is 11.3 Å². The highest BCUT2D eigenvalue weighted by Crippen LogP contribution is 2.24. The first kappa shape index (κ1) is 15.6. The lowest BCUT2D eigenvalue weighted by Gasteiger charge is -2.24. The summed E-state index contributed by atoms with van der Waals surface area (Å²) in [6.45, 7) is 6.85. The van der Waals surface area contributed by atoms with Crippen molar-refractivity contribution in [2.45, 2.75) is 26.2 Å². The molecule has 3 nitrogen and oxygen atoms in total. The molecule has 0 saturated carbocycles. The number of carbonyl (C=O) groups excluding carboxylic acids is 1. The van der Waals surface area contributed by atoms with Crippen molar-refractivity contribution in [3.05, 3.63) is 52.2 Å². The molecular formula is C17H21NO2S. The lowest BCUT2D eigenvalue weighted by atomic mass is 9.86. The van der Waals surface area contributed by atoms with Crippen LogP contribution >= 0.6 is 11.3 Å². The fraction of sp³-hybridized carbons (Fsp3) is 0.353. The van der Waals surface area contributed by atoms with Gasteiger partial charge in [0.25, 0.3) is 5.91 Å². The fourth-order valence-corrected chi connectivity index (χ4v) is 2.83. The molecule has 1 N–H and O–H groups in total. The molecule has 1 amide bonds. The Hall–Kier alpha value is -1.81. The molecule has 21 heavy (non-hydrogen) atoms. The summed E-state index contributed by atoms with van der Waals surface area (Å²) in [4.78, 5) is 11.9. The minimum Gasteiger partial charge on any atom is -0.484 e. The van der Waals surface area contributed by atoms with E-state index < -0.39 is 0 Å². The highest BCUT2D eigenvalue weighted by molar-refractivity contribution is 7.08. The monoisotopic (exact) mass is 303 g/mol. The van der Waals surface area contributed by atoms with Gasteiger partial charge in [-0.3, -0.25) is 4.79 Å². The Kier molecular flexibility index (Phi) is 5.02. The van der Waals surface area contributed by atoms with E-state index in [1.807, 2.05) is 31.2 Å². The third-order valence-corrected chi connectivity index (χ3v) is 4.17. The minimum absolute atomic E-state index is 0.0462. The summed E-state index contributed by atoms with van der Waals surface area (Å²) in [7, 11) is 0. The van der Waals surface area contributed by atoms with Crippen LogP contribution in [0.3, 0.4) is 0 Å². The van der Waals surface area contributed by atoms with Crippen LogP contribution in [0.4, 0.5) is 0 Å². The van der Waals surface area contributed by atoms with Crippen LogP contribution in [-0.4, -0.2) is 19.1 Å². The zero-order valence-corrected chi connectivity index (χ0v) is 13.5. The van der Waals surface area contributed by atoms with E-state index in [1.165, 1.54) is 5.56 Å². The lowest BCUT2D eigenvalue weighted by Crippen LogP contribution is -2.38. The van der Waals surface area contributed by atoms with Crippen molar-refractivity contribution in [2.75, 3.05) is 13.2 Å². The number of hydrogen-bond acceptors (Lipinski definition) is 3. The van der Waals surface area contributed by atoms with Crippen molar-refractivity contribution >= 4 is 17.2 Å². The molecule has 0 aliphatic carbocycles. The van der Waals surface area contributed by atoms with Crippen LogP contribution in [0.25, 0.3) is 0 Å². The molecule has 0 saturated heterocycles. The van der Waals surface area contributed by atoms with Crippen molar-refractivity contribution in [2.24, 2.45) is 0 Å². The van der Waals surface area contributed by atoms with Crippen molar-refractivity contribution in [3.8, 4) is 5.75 Å². The summed E-state index contributed by atoms with van der Waals surface area (Å²) in [6.07, 6.45) is 0.